The van der Waals surface area contributed by atoms with Crippen LogP contribution in [0.15, 0.2) is 6.07 Å². The summed E-state index contributed by atoms with van der Waals surface area (Å²) in [6.45, 7) is 4.97. The maximum Gasteiger partial charge on any atom is 0.271 e. The van der Waals surface area contributed by atoms with Crippen LogP contribution in [0.3, 0.4) is 0 Å². The molecule has 0 spiro atoms. The van der Waals surface area contributed by atoms with E-state index in [9.17, 15) is 13.2 Å². The molecule has 144 valence electrons. The zero-order valence-corrected chi connectivity index (χ0v) is 16.2. The van der Waals surface area contributed by atoms with E-state index in [-0.39, 0.29) is 23.5 Å². The highest BCUT2D eigenvalue weighted by molar-refractivity contribution is 7.91. The van der Waals surface area contributed by atoms with Crippen LogP contribution in [0.2, 0.25) is 0 Å². The Morgan fingerprint density at radius 2 is 2.04 bits per heavy atom. The number of carbonyl (C=O) groups is 1. The van der Waals surface area contributed by atoms with E-state index < -0.39 is 9.84 Å². The summed E-state index contributed by atoms with van der Waals surface area (Å²) in [7, 11) is -2.97. The number of sulfone groups is 1. The molecule has 3 fully saturated rings. The van der Waals surface area contributed by atoms with Crippen molar-refractivity contribution in [2.45, 2.75) is 57.0 Å². The Labute approximate surface area is 155 Å². The Bertz CT molecular complexity index is 778. The van der Waals surface area contributed by atoms with E-state index in [0.29, 0.717) is 30.6 Å². The van der Waals surface area contributed by atoms with Gasteiger partial charge in [-0.1, -0.05) is 0 Å². The molecule has 3 aliphatic rings. The number of hydrogen-bond acceptors (Lipinski definition) is 5. The third kappa shape index (κ3) is 3.81. The summed E-state index contributed by atoms with van der Waals surface area (Å²) in [4.78, 5) is 15.0. The summed E-state index contributed by atoms with van der Waals surface area (Å²) in [6, 6.07) is 2.07. The summed E-state index contributed by atoms with van der Waals surface area (Å²) in [5.74, 6) is 0.631. The molecular formula is C18H28N4O3S. The van der Waals surface area contributed by atoms with Crippen LogP contribution in [0.4, 0.5) is 0 Å². The highest BCUT2D eigenvalue weighted by Crippen LogP contribution is 2.42. The average molecular weight is 381 g/mol. The summed E-state index contributed by atoms with van der Waals surface area (Å²) < 4.78 is 25.5. The maximum absolute atomic E-state index is 12.6. The van der Waals surface area contributed by atoms with Gasteiger partial charge in [-0.2, -0.15) is 5.10 Å². The SMILES string of the molecule is CC(CNC(=O)c1cc(C2CC2)n(C2CCS(=O)(=O)C2)n1)N1CCCC1. The molecule has 0 bridgehead atoms. The van der Waals surface area contributed by atoms with Crippen molar-refractivity contribution in [2.24, 2.45) is 0 Å². The van der Waals surface area contributed by atoms with Crippen molar-refractivity contribution in [3.63, 3.8) is 0 Å². The van der Waals surface area contributed by atoms with Crippen molar-refractivity contribution < 1.29 is 13.2 Å². The molecular weight excluding hydrogens is 352 g/mol. The van der Waals surface area contributed by atoms with Crippen molar-refractivity contribution >= 4 is 15.7 Å². The zero-order valence-electron chi connectivity index (χ0n) is 15.4. The molecule has 2 aliphatic heterocycles. The smallest absolute Gasteiger partial charge is 0.271 e. The minimum atomic E-state index is -2.97. The molecule has 7 nitrogen and oxygen atoms in total. The molecule has 1 amide bonds. The minimum absolute atomic E-state index is 0.124. The highest BCUT2D eigenvalue weighted by Gasteiger charge is 2.36. The van der Waals surface area contributed by atoms with Crippen LogP contribution in [-0.4, -0.2) is 66.2 Å². The summed E-state index contributed by atoms with van der Waals surface area (Å²) >= 11 is 0. The number of rotatable bonds is 6. The van der Waals surface area contributed by atoms with Gasteiger partial charge in [0.2, 0.25) is 0 Å². The van der Waals surface area contributed by atoms with Crippen molar-refractivity contribution in [2.75, 3.05) is 31.1 Å². The van der Waals surface area contributed by atoms with Crippen LogP contribution in [0, 0.1) is 0 Å². The predicted octanol–water partition coefficient (Wildman–Crippen LogP) is 1.33. The lowest BCUT2D eigenvalue weighted by molar-refractivity contribution is 0.0934. The monoisotopic (exact) mass is 380 g/mol. The number of nitrogens with zero attached hydrogens (tertiary/aromatic N) is 3. The van der Waals surface area contributed by atoms with Crippen molar-refractivity contribution in [1.29, 1.82) is 0 Å². The average Bonchev–Trinajstić information content (AvgIpc) is 3.03. The Morgan fingerprint density at radius 1 is 1.31 bits per heavy atom. The van der Waals surface area contributed by atoms with Gasteiger partial charge in [0.1, 0.15) is 5.69 Å². The minimum Gasteiger partial charge on any atom is -0.349 e. The number of hydrogen-bond donors (Lipinski definition) is 1. The number of amides is 1. The highest BCUT2D eigenvalue weighted by atomic mass is 32.2. The van der Waals surface area contributed by atoms with Crippen LogP contribution in [0.25, 0.3) is 0 Å². The molecule has 2 saturated heterocycles. The van der Waals surface area contributed by atoms with Gasteiger partial charge in [-0.3, -0.25) is 14.4 Å². The van der Waals surface area contributed by atoms with Gasteiger partial charge in [0.25, 0.3) is 5.91 Å². The normalized spacial score (nSPS) is 26.9. The second kappa shape index (κ2) is 6.96. The summed E-state index contributed by atoms with van der Waals surface area (Å²) in [5.41, 5.74) is 1.45. The second-order valence-electron chi connectivity index (χ2n) is 8.03. The molecule has 8 heteroatoms. The topological polar surface area (TPSA) is 84.3 Å². The Hall–Kier alpha value is -1.41. The van der Waals surface area contributed by atoms with Gasteiger partial charge in [0.15, 0.2) is 9.84 Å². The third-order valence-electron chi connectivity index (χ3n) is 5.87. The fourth-order valence-electron chi connectivity index (χ4n) is 4.11. The predicted molar refractivity (Wildman–Crippen MR) is 99.1 cm³/mol. The molecule has 1 saturated carbocycles. The maximum atomic E-state index is 12.6. The first kappa shape index (κ1) is 18.0. The van der Waals surface area contributed by atoms with Gasteiger partial charge in [0.05, 0.1) is 17.5 Å². The third-order valence-corrected chi connectivity index (χ3v) is 7.62. The lowest BCUT2D eigenvalue weighted by Gasteiger charge is -2.23. The van der Waals surface area contributed by atoms with Gasteiger partial charge >= 0.3 is 0 Å². The number of nitrogens with one attached hydrogen (secondary N) is 1. The van der Waals surface area contributed by atoms with E-state index in [1.54, 1.807) is 0 Å². The molecule has 26 heavy (non-hydrogen) atoms. The lowest BCUT2D eigenvalue weighted by atomic mass is 10.2. The van der Waals surface area contributed by atoms with E-state index in [0.717, 1.165) is 31.6 Å². The van der Waals surface area contributed by atoms with Crippen molar-refractivity contribution in [1.82, 2.24) is 20.0 Å². The van der Waals surface area contributed by atoms with Crippen LogP contribution in [0.1, 0.15) is 67.2 Å². The molecule has 1 aliphatic carbocycles. The fourth-order valence-corrected chi connectivity index (χ4v) is 5.80. The molecule has 1 aromatic heterocycles. The van der Waals surface area contributed by atoms with Gasteiger partial charge in [-0.05, 0) is 58.2 Å². The molecule has 2 unspecified atom stereocenters. The Morgan fingerprint density at radius 3 is 2.65 bits per heavy atom. The number of likely N-dealkylation sites (tertiary alicyclic amines) is 1. The van der Waals surface area contributed by atoms with E-state index >= 15 is 0 Å². The van der Waals surface area contributed by atoms with Gasteiger partial charge in [0, 0.05) is 24.2 Å². The molecule has 3 heterocycles. The van der Waals surface area contributed by atoms with E-state index in [1.165, 1.54) is 12.8 Å². The first-order valence-corrected chi connectivity index (χ1v) is 11.6. The second-order valence-corrected chi connectivity index (χ2v) is 10.3. The summed E-state index contributed by atoms with van der Waals surface area (Å²) in [6.07, 6.45) is 5.25. The molecule has 4 rings (SSSR count). The van der Waals surface area contributed by atoms with Crippen LogP contribution >= 0.6 is 0 Å². The van der Waals surface area contributed by atoms with E-state index in [4.69, 9.17) is 0 Å². The van der Waals surface area contributed by atoms with Crippen LogP contribution < -0.4 is 5.32 Å². The summed E-state index contributed by atoms with van der Waals surface area (Å²) in [5, 5.41) is 7.53. The first-order valence-electron chi connectivity index (χ1n) is 9.75. The lowest BCUT2D eigenvalue weighted by Crippen LogP contribution is -2.40. The van der Waals surface area contributed by atoms with E-state index in [2.05, 4.69) is 22.2 Å². The Balaban J connectivity index is 1.44. The zero-order chi connectivity index (χ0) is 18.3. The molecule has 1 N–H and O–H groups in total. The van der Waals surface area contributed by atoms with Crippen LogP contribution in [-0.2, 0) is 9.84 Å². The molecule has 0 radical (unpaired) electrons. The number of aromatic nitrogens is 2. The van der Waals surface area contributed by atoms with Crippen molar-refractivity contribution in [3.05, 3.63) is 17.5 Å². The van der Waals surface area contributed by atoms with Crippen LogP contribution in [0.5, 0.6) is 0 Å². The fraction of sp³-hybridized carbons (Fsp3) is 0.778. The molecule has 0 aromatic carbocycles. The first-order chi connectivity index (χ1) is 12.4. The molecule has 1 aromatic rings. The quantitative estimate of drug-likeness (QED) is 0.805. The molecule has 2 atom stereocenters. The van der Waals surface area contributed by atoms with Gasteiger partial charge < -0.3 is 5.32 Å². The largest absolute Gasteiger partial charge is 0.349 e. The van der Waals surface area contributed by atoms with Gasteiger partial charge in [-0.25, -0.2) is 8.42 Å². The standard InChI is InChI=1S/C18H28N4O3S/c1-13(21-7-2-3-8-21)11-19-18(23)16-10-17(14-4-5-14)22(20-16)15-6-9-26(24,25)12-15/h10,13-15H,2-9,11-12H2,1H3,(H,19,23). The van der Waals surface area contributed by atoms with E-state index in [1.807, 2.05) is 10.7 Å². The number of carbonyl (C=O) groups excluding carboxylic acids is 1. The van der Waals surface area contributed by atoms with Gasteiger partial charge in [-0.15, -0.1) is 0 Å². The van der Waals surface area contributed by atoms with Crippen molar-refractivity contribution in [3.8, 4) is 0 Å². The Kier molecular flexibility index (Phi) is 4.81.